The summed E-state index contributed by atoms with van der Waals surface area (Å²) in [4.78, 5) is 18.8. The van der Waals surface area contributed by atoms with Gasteiger partial charge >= 0.3 is 5.97 Å². The van der Waals surface area contributed by atoms with Crippen molar-refractivity contribution in [2.45, 2.75) is 19.8 Å². The van der Waals surface area contributed by atoms with Gasteiger partial charge in [0.05, 0.1) is 11.8 Å². The van der Waals surface area contributed by atoms with Crippen LogP contribution < -0.4 is 4.74 Å². The van der Waals surface area contributed by atoms with Gasteiger partial charge in [0.15, 0.2) is 0 Å². The third-order valence-corrected chi connectivity index (χ3v) is 2.71. The fourth-order valence-electron chi connectivity index (χ4n) is 1.19. The van der Waals surface area contributed by atoms with Crippen molar-refractivity contribution in [2.24, 2.45) is 0 Å². The van der Waals surface area contributed by atoms with Gasteiger partial charge in [-0.1, -0.05) is 13.8 Å². The molecule has 0 aliphatic rings. The average molecular weight is 265 g/mol. The number of hydrogen-bond donors (Lipinski definition) is 1. The van der Waals surface area contributed by atoms with Gasteiger partial charge in [0.25, 0.3) is 5.19 Å². The number of hydrogen-bond acceptors (Lipinski definition) is 6. The van der Waals surface area contributed by atoms with Gasteiger partial charge in [-0.3, -0.25) is 4.98 Å². The SMILES string of the molecule is CC(C)c1nsc(Oc2cncc(C(=O)O)c2)n1. The predicted molar refractivity (Wildman–Crippen MR) is 65.3 cm³/mol. The number of carboxylic acids is 1. The molecule has 6 nitrogen and oxygen atoms in total. The molecule has 0 aliphatic carbocycles. The van der Waals surface area contributed by atoms with E-state index < -0.39 is 5.97 Å². The molecule has 0 bridgehead atoms. The normalized spacial score (nSPS) is 10.6. The van der Waals surface area contributed by atoms with Crippen molar-refractivity contribution in [1.82, 2.24) is 14.3 Å². The Labute approximate surface area is 107 Å². The molecule has 0 amide bonds. The number of carbonyl (C=O) groups is 1. The fraction of sp³-hybridized carbons (Fsp3) is 0.273. The molecule has 7 heteroatoms. The Morgan fingerprint density at radius 3 is 2.83 bits per heavy atom. The van der Waals surface area contributed by atoms with E-state index in [2.05, 4.69) is 14.3 Å². The quantitative estimate of drug-likeness (QED) is 0.914. The summed E-state index contributed by atoms with van der Waals surface area (Å²) in [6, 6.07) is 1.39. The highest BCUT2D eigenvalue weighted by molar-refractivity contribution is 7.07. The maximum Gasteiger partial charge on any atom is 0.337 e. The minimum Gasteiger partial charge on any atom is -0.478 e. The van der Waals surface area contributed by atoms with E-state index >= 15 is 0 Å². The molecule has 2 rings (SSSR count). The first-order valence-corrected chi connectivity index (χ1v) is 6.03. The second-order valence-electron chi connectivity index (χ2n) is 3.89. The molecule has 0 aromatic carbocycles. The van der Waals surface area contributed by atoms with Crippen molar-refractivity contribution in [2.75, 3.05) is 0 Å². The molecule has 0 atom stereocenters. The fourth-order valence-corrected chi connectivity index (χ4v) is 1.88. The largest absolute Gasteiger partial charge is 0.478 e. The van der Waals surface area contributed by atoms with Crippen LogP contribution in [-0.4, -0.2) is 25.4 Å². The topological polar surface area (TPSA) is 85.2 Å². The van der Waals surface area contributed by atoms with Crippen LogP contribution in [0.25, 0.3) is 0 Å². The Kier molecular flexibility index (Phi) is 3.52. The molecule has 2 heterocycles. The highest BCUT2D eigenvalue weighted by Gasteiger charge is 2.11. The molecule has 0 unspecified atom stereocenters. The van der Waals surface area contributed by atoms with E-state index in [0.717, 1.165) is 11.5 Å². The van der Waals surface area contributed by atoms with E-state index in [1.165, 1.54) is 18.5 Å². The summed E-state index contributed by atoms with van der Waals surface area (Å²) in [5.41, 5.74) is 0.0705. The number of aromatic nitrogens is 3. The lowest BCUT2D eigenvalue weighted by Gasteiger charge is -2.01. The molecule has 0 fully saturated rings. The Bertz CT molecular complexity index is 568. The molecule has 94 valence electrons. The standard InChI is InChI=1S/C11H11N3O3S/c1-6(2)9-13-11(18-14-9)17-8-3-7(10(15)16)4-12-5-8/h3-6H,1-2H3,(H,15,16). The Morgan fingerprint density at radius 1 is 1.44 bits per heavy atom. The van der Waals surface area contributed by atoms with Gasteiger partial charge in [0, 0.05) is 23.6 Å². The molecule has 2 aromatic heterocycles. The van der Waals surface area contributed by atoms with E-state index in [1.807, 2.05) is 13.8 Å². The van der Waals surface area contributed by atoms with Crippen molar-refractivity contribution in [3.63, 3.8) is 0 Å². The van der Waals surface area contributed by atoms with Crippen molar-refractivity contribution < 1.29 is 14.6 Å². The van der Waals surface area contributed by atoms with Crippen molar-refractivity contribution in [3.8, 4) is 10.9 Å². The molecular weight excluding hydrogens is 254 g/mol. The van der Waals surface area contributed by atoms with Crippen molar-refractivity contribution in [1.29, 1.82) is 0 Å². The van der Waals surface area contributed by atoms with E-state index in [0.29, 0.717) is 16.8 Å². The van der Waals surface area contributed by atoms with Gasteiger partial charge in [-0.15, -0.1) is 0 Å². The summed E-state index contributed by atoms with van der Waals surface area (Å²) in [6.45, 7) is 3.97. The minimum absolute atomic E-state index is 0.0705. The Morgan fingerprint density at radius 2 is 2.22 bits per heavy atom. The van der Waals surface area contributed by atoms with Gasteiger partial charge in [-0.2, -0.15) is 9.36 Å². The van der Waals surface area contributed by atoms with Crippen LogP contribution >= 0.6 is 11.5 Å². The first-order valence-electron chi connectivity index (χ1n) is 5.26. The molecular formula is C11H11N3O3S. The van der Waals surface area contributed by atoms with Crippen LogP contribution in [0.3, 0.4) is 0 Å². The zero-order valence-corrected chi connectivity index (χ0v) is 10.6. The lowest BCUT2D eigenvalue weighted by atomic mass is 10.2. The predicted octanol–water partition coefficient (Wildman–Crippen LogP) is 2.55. The minimum atomic E-state index is -1.05. The van der Waals surface area contributed by atoms with Crippen LogP contribution in [0.1, 0.15) is 35.9 Å². The van der Waals surface area contributed by atoms with Crippen LogP contribution in [-0.2, 0) is 0 Å². The zero-order chi connectivity index (χ0) is 13.1. The lowest BCUT2D eigenvalue weighted by molar-refractivity contribution is 0.0696. The van der Waals surface area contributed by atoms with Crippen LogP contribution in [0.2, 0.25) is 0 Å². The number of nitrogens with zero attached hydrogens (tertiary/aromatic N) is 3. The van der Waals surface area contributed by atoms with Crippen LogP contribution in [0.15, 0.2) is 18.5 Å². The monoisotopic (exact) mass is 265 g/mol. The average Bonchev–Trinajstić information content (AvgIpc) is 2.78. The molecule has 18 heavy (non-hydrogen) atoms. The third-order valence-electron chi connectivity index (χ3n) is 2.10. The van der Waals surface area contributed by atoms with E-state index in [9.17, 15) is 4.79 Å². The Hall–Kier alpha value is -2.02. The molecule has 1 N–H and O–H groups in total. The summed E-state index contributed by atoms with van der Waals surface area (Å²) in [5.74, 6) is 0.217. The second-order valence-corrected chi connectivity index (χ2v) is 4.60. The van der Waals surface area contributed by atoms with Crippen LogP contribution in [0, 0.1) is 0 Å². The smallest absolute Gasteiger partial charge is 0.337 e. The molecule has 0 radical (unpaired) electrons. The Balaban J connectivity index is 2.17. The first-order chi connectivity index (χ1) is 8.56. The first kappa shape index (κ1) is 12.4. The van der Waals surface area contributed by atoms with E-state index in [1.54, 1.807) is 0 Å². The zero-order valence-electron chi connectivity index (χ0n) is 9.82. The van der Waals surface area contributed by atoms with Gasteiger partial charge in [0.1, 0.15) is 11.6 Å². The van der Waals surface area contributed by atoms with Gasteiger partial charge < -0.3 is 9.84 Å². The number of rotatable bonds is 4. The summed E-state index contributed by atoms with van der Waals surface area (Å²) in [7, 11) is 0. The van der Waals surface area contributed by atoms with Crippen molar-refractivity contribution >= 4 is 17.5 Å². The number of pyridine rings is 1. The van der Waals surface area contributed by atoms with Gasteiger partial charge in [-0.25, -0.2) is 4.79 Å². The number of carboxylic acid groups (broad SMARTS) is 1. The summed E-state index contributed by atoms with van der Waals surface area (Å²) in [6.07, 6.45) is 2.69. The molecule has 0 spiro atoms. The number of aromatic carboxylic acids is 1. The number of ether oxygens (including phenoxy) is 1. The summed E-state index contributed by atoms with van der Waals surface area (Å²) >= 11 is 1.13. The molecule has 0 saturated carbocycles. The summed E-state index contributed by atoms with van der Waals surface area (Å²) < 4.78 is 9.56. The molecule has 0 aliphatic heterocycles. The van der Waals surface area contributed by atoms with E-state index in [-0.39, 0.29) is 11.5 Å². The highest BCUT2D eigenvalue weighted by atomic mass is 32.1. The summed E-state index contributed by atoms with van der Waals surface area (Å²) in [5, 5.41) is 9.21. The second kappa shape index (κ2) is 5.09. The molecule has 0 saturated heterocycles. The lowest BCUT2D eigenvalue weighted by Crippen LogP contribution is -1.97. The maximum absolute atomic E-state index is 10.8. The van der Waals surface area contributed by atoms with Crippen LogP contribution in [0.4, 0.5) is 0 Å². The third kappa shape index (κ3) is 2.80. The van der Waals surface area contributed by atoms with Gasteiger partial charge in [-0.05, 0) is 6.07 Å². The van der Waals surface area contributed by atoms with E-state index in [4.69, 9.17) is 9.84 Å². The van der Waals surface area contributed by atoms with Crippen LogP contribution in [0.5, 0.6) is 10.9 Å². The molecule has 2 aromatic rings. The van der Waals surface area contributed by atoms with Crippen molar-refractivity contribution in [3.05, 3.63) is 29.8 Å². The van der Waals surface area contributed by atoms with Gasteiger partial charge in [0.2, 0.25) is 0 Å². The highest BCUT2D eigenvalue weighted by Crippen LogP contribution is 2.25. The maximum atomic E-state index is 10.8.